The molecule has 6 heteroatoms. The lowest BCUT2D eigenvalue weighted by atomic mass is 9.81. The molecule has 2 N–H and O–H groups in total. The van der Waals surface area contributed by atoms with Gasteiger partial charge in [0.05, 0.1) is 0 Å². The summed E-state index contributed by atoms with van der Waals surface area (Å²) in [5, 5.41) is 17.3. The highest BCUT2D eigenvalue weighted by Crippen LogP contribution is 2.32. The van der Waals surface area contributed by atoms with Crippen molar-refractivity contribution < 1.29 is 14.8 Å². The molecule has 0 heterocycles. The molecular formula is C17H17BBr2O3. The minimum absolute atomic E-state index is 0.410. The molecule has 1 atom stereocenters. The van der Waals surface area contributed by atoms with Crippen LogP contribution in [0, 0.1) is 0 Å². The monoisotopic (exact) mass is 438 g/mol. The lowest BCUT2D eigenvalue weighted by molar-refractivity contribution is -0.117. The van der Waals surface area contributed by atoms with Crippen LogP contribution in [0.3, 0.4) is 0 Å². The van der Waals surface area contributed by atoms with Crippen LogP contribution in [0.5, 0.6) is 0 Å². The highest BCUT2D eigenvalue weighted by Gasteiger charge is 2.23. The predicted octanol–water partition coefficient (Wildman–Crippen LogP) is 3.41. The zero-order chi connectivity index (χ0) is 16.8. The quantitative estimate of drug-likeness (QED) is 0.705. The lowest BCUT2D eigenvalue weighted by Gasteiger charge is -2.07. The Morgan fingerprint density at radius 1 is 0.913 bits per heavy atom. The fourth-order valence-corrected chi connectivity index (χ4v) is 3.00. The minimum Gasteiger partial charge on any atom is -0.423 e. The molecule has 0 spiro atoms. The van der Waals surface area contributed by atoms with Gasteiger partial charge in [0.25, 0.3) is 0 Å². The second-order valence-corrected chi connectivity index (χ2v) is 7.29. The van der Waals surface area contributed by atoms with Crippen molar-refractivity contribution in [3.05, 3.63) is 63.0 Å². The first-order valence-corrected chi connectivity index (χ1v) is 8.93. The molecule has 23 heavy (non-hydrogen) atoms. The molecule has 1 aliphatic rings. The van der Waals surface area contributed by atoms with E-state index in [1.165, 1.54) is 5.56 Å². The van der Waals surface area contributed by atoms with Crippen LogP contribution in [0.1, 0.15) is 30.7 Å². The topological polar surface area (TPSA) is 57.5 Å². The molecule has 1 fully saturated rings. The molecule has 3 rings (SSSR count). The van der Waals surface area contributed by atoms with E-state index >= 15 is 0 Å². The average Bonchev–Trinajstić information content (AvgIpc) is 2.96. The van der Waals surface area contributed by atoms with Gasteiger partial charge in [0.2, 0.25) is 0 Å². The van der Waals surface area contributed by atoms with Crippen LogP contribution in [0.15, 0.2) is 57.5 Å². The zero-order valence-electron chi connectivity index (χ0n) is 12.5. The summed E-state index contributed by atoms with van der Waals surface area (Å²) < 4.78 is 2.03. The van der Waals surface area contributed by atoms with Crippen molar-refractivity contribution in [2.75, 3.05) is 0 Å². The molecule has 0 bridgehead atoms. The van der Waals surface area contributed by atoms with E-state index in [9.17, 15) is 4.79 Å². The van der Waals surface area contributed by atoms with Gasteiger partial charge in [-0.25, -0.2) is 0 Å². The van der Waals surface area contributed by atoms with Gasteiger partial charge in [-0.3, -0.25) is 4.79 Å². The Hall–Kier alpha value is -0.945. The van der Waals surface area contributed by atoms with Crippen molar-refractivity contribution in [1.29, 1.82) is 0 Å². The number of carbonyl (C=O) groups excluding carboxylic acids is 1. The summed E-state index contributed by atoms with van der Waals surface area (Å²) in [7, 11) is -1.37. The second kappa shape index (κ2) is 8.78. The number of Topliss-reactive ketones (excluding diaryl/α,β-unsaturated/α-hetero) is 1. The Morgan fingerprint density at radius 2 is 1.43 bits per heavy atom. The standard InChI is InChI=1S/C11H11BrO.C6H6BBrO2/c12-10-4-1-8(2-5-10)9-3-6-11(13)7-9;8-6-3-1-5(2-4-6)7(9)10/h1-2,4-5,9H,3,6-7H2;1-4,9-10H/t9-;/m0./s1. The SMILES string of the molecule is O=C1CC[C@H](c2ccc(Br)cc2)C1.OB(O)c1ccc(Br)cc1. The van der Waals surface area contributed by atoms with E-state index in [0.717, 1.165) is 28.2 Å². The van der Waals surface area contributed by atoms with Crippen molar-refractivity contribution in [1.82, 2.24) is 0 Å². The number of rotatable bonds is 2. The first-order chi connectivity index (χ1) is 11.0. The van der Waals surface area contributed by atoms with Gasteiger partial charge in [-0.2, -0.15) is 0 Å². The van der Waals surface area contributed by atoms with Gasteiger partial charge >= 0.3 is 7.12 Å². The third-order valence-electron chi connectivity index (χ3n) is 3.76. The first kappa shape index (κ1) is 18.4. The lowest BCUT2D eigenvalue weighted by Crippen LogP contribution is -2.29. The summed E-state index contributed by atoms with van der Waals surface area (Å²) in [6, 6.07) is 15.1. The molecule has 3 nitrogen and oxygen atoms in total. The van der Waals surface area contributed by atoms with Gasteiger partial charge in [-0.05, 0) is 47.6 Å². The van der Waals surface area contributed by atoms with E-state index < -0.39 is 7.12 Å². The maximum atomic E-state index is 11.1. The smallest absolute Gasteiger partial charge is 0.423 e. The highest BCUT2D eigenvalue weighted by molar-refractivity contribution is 9.10. The van der Waals surface area contributed by atoms with E-state index in [1.807, 2.05) is 12.1 Å². The van der Waals surface area contributed by atoms with E-state index in [1.54, 1.807) is 24.3 Å². The van der Waals surface area contributed by atoms with Crippen molar-refractivity contribution in [3.63, 3.8) is 0 Å². The zero-order valence-corrected chi connectivity index (χ0v) is 15.6. The minimum atomic E-state index is -1.37. The number of hydrogen-bond donors (Lipinski definition) is 2. The molecule has 2 aromatic rings. The van der Waals surface area contributed by atoms with Gasteiger partial charge < -0.3 is 10.0 Å². The van der Waals surface area contributed by atoms with Crippen molar-refractivity contribution in [2.45, 2.75) is 25.2 Å². The molecule has 1 saturated carbocycles. The van der Waals surface area contributed by atoms with Gasteiger partial charge in [0.1, 0.15) is 5.78 Å². The van der Waals surface area contributed by atoms with Gasteiger partial charge in [-0.1, -0.05) is 56.1 Å². The number of carbonyl (C=O) groups is 1. The first-order valence-electron chi connectivity index (χ1n) is 7.34. The number of benzene rings is 2. The summed E-state index contributed by atoms with van der Waals surface area (Å²) in [6.07, 6.45) is 2.53. The van der Waals surface area contributed by atoms with Crippen molar-refractivity contribution >= 4 is 50.2 Å². The van der Waals surface area contributed by atoms with Crippen molar-refractivity contribution in [2.24, 2.45) is 0 Å². The average molecular weight is 440 g/mol. The number of hydrogen-bond acceptors (Lipinski definition) is 3. The molecule has 0 unspecified atom stereocenters. The maximum absolute atomic E-state index is 11.1. The van der Waals surface area contributed by atoms with Crippen LogP contribution in [0.25, 0.3) is 0 Å². The molecule has 0 radical (unpaired) electrons. The molecule has 0 amide bonds. The Labute approximate surface area is 153 Å². The third kappa shape index (κ3) is 5.88. The van der Waals surface area contributed by atoms with Crippen LogP contribution in [-0.4, -0.2) is 22.9 Å². The largest absolute Gasteiger partial charge is 0.488 e. The van der Waals surface area contributed by atoms with Gasteiger partial charge in [0.15, 0.2) is 0 Å². The fourth-order valence-electron chi connectivity index (χ4n) is 2.47. The third-order valence-corrected chi connectivity index (χ3v) is 4.81. The maximum Gasteiger partial charge on any atom is 0.488 e. The molecular weight excluding hydrogens is 423 g/mol. The van der Waals surface area contributed by atoms with Crippen LogP contribution in [0.4, 0.5) is 0 Å². The van der Waals surface area contributed by atoms with E-state index in [4.69, 9.17) is 10.0 Å². The van der Waals surface area contributed by atoms with Crippen LogP contribution in [0.2, 0.25) is 0 Å². The summed E-state index contributed by atoms with van der Waals surface area (Å²) in [5.41, 5.74) is 1.80. The van der Waals surface area contributed by atoms with Crippen LogP contribution >= 0.6 is 31.9 Å². The Bertz CT molecular complexity index is 642. The fraction of sp³-hybridized carbons (Fsp3) is 0.235. The predicted molar refractivity (Wildman–Crippen MR) is 99.7 cm³/mol. The van der Waals surface area contributed by atoms with Gasteiger partial charge in [-0.15, -0.1) is 0 Å². The number of halogens is 2. The molecule has 2 aromatic carbocycles. The van der Waals surface area contributed by atoms with Crippen molar-refractivity contribution in [3.8, 4) is 0 Å². The Morgan fingerprint density at radius 3 is 1.87 bits per heavy atom. The van der Waals surface area contributed by atoms with E-state index in [-0.39, 0.29) is 0 Å². The summed E-state index contributed by atoms with van der Waals surface area (Å²) in [4.78, 5) is 11.1. The molecule has 0 aliphatic heterocycles. The molecule has 0 saturated heterocycles. The summed E-state index contributed by atoms with van der Waals surface area (Å²) in [5.74, 6) is 0.883. The second-order valence-electron chi connectivity index (χ2n) is 5.46. The number of ketones is 1. The van der Waals surface area contributed by atoms with Crippen LogP contribution < -0.4 is 5.46 Å². The highest BCUT2D eigenvalue weighted by atomic mass is 79.9. The van der Waals surface area contributed by atoms with Gasteiger partial charge in [0, 0.05) is 21.8 Å². The van der Waals surface area contributed by atoms with E-state index in [0.29, 0.717) is 17.2 Å². The molecule has 1 aliphatic carbocycles. The Kier molecular flexibility index (Phi) is 7.02. The van der Waals surface area contributed by atoms with Crippen LogP contribution in [-0.2, 0) is 4.79 Å². The summed E-state index contributed by atoms with van der Waals surface area (Å²) >= 11 is 6.63. The van der Waals surface area contributed by atoms with E-state index in [2.05, 4.69) is 44.0 Å². The molecule has 0 aromatic heterocycles. The summed E-state index contributed by atoms with van der Waals surface area (Å²) in [6.45, 7) is 0. The normalized spacial score (nSPS) is 16.7. The Balaban J connectivity index is 0.000000174. The molecule has 120 valence electrons.